The van der Waals surface area contributed by atoms with E-state index in [1.807, 2.05) is 33.0 Å². The van der Waals surface area contributed by atoms with Crippen molar-refractivity contribution in [2.75, 3.05) is 12.8 Å². The second-order valence-electron chi connectivity index (χ2n) is 4.21. The van der Waals surface area contributed by atoms with Gasteiger partial charge in [0, 0.05) is 18.8 Å². The van der Waals surface area contributed by atoms with E-state index in [-0.39, 0.29) is 11.9 Å². The van der Waals surface area contributed by atoms with E-state index >= 15 is 0 Å². The van der Waals surface area contributed by atoms with E-state index in [2.05, 4.69) is 6.92 Å². The van der Waals surface area contributed by atoms with Crippen molar-refractivity contribution in [1.29, 1.82) is 0 Å². The van der Waals surface area contributed by atoms with E-state index in [0.29, 0.717) is 11.3 Å². The maximum atomic E-state index is 12.2. The molecule has 0 radical (unpaired) electrons. The van der Waals surface area contributed by atoms with Crippen molar-refractivity contribution in [3.63, 3.8) is 0 Å². The summed E-state index contributed by atoms with van der Waals surface area (Å²) in [5.41, 5.74) is 8.05. The SMILES string of the molecule is CCC(C)N(C)C(=O)c1cccc(C)c1N. The number of para-hydroxylation sites is 1. The van der Waals surface area contributed by atoms with Crippen LogP contribution < -0.4 is 5.73 Å². The molecule has 0 bridgehead atoms. The van der Waals surface area contributed by atoms with Crippen LogP contribution in [0.3, 0.4) is 0 Å². The Bertz CT molecular complexity index is 388. The first kappa shape index (κ1) is 12.6. The predicted octanol–water partition coefficient (Wildman–Crippen LogP) is 2.45. The first-order chi connectivity index (χ1) is 7.49. The van der Waals surface area contributed by atoms with Crippen LogP contribution in [0.1, 0.15) is 36.2 Å². The first-order valence-electron chi connectivity index (χ1n) is 5.61. The average Bonchev–Trinajstić information content (AvgIpc) is 2.29. The molecule has 0 heterocycles. The minimum atomic E-state index is -0.00412. The third-order valence-electron chi connectivity index (χ3n) is 3.13. The van der Waals surface area contributed by atoms with Crippen LogP contribution in [0.5, 0.6) is 0 Å². The summed E-state index contributed by atoms with van der Waals surface area (Å²) in [7, 11) is 1.82. The van der Waals surface area contributed by atoms with Crippen molar-refractivity contribution in [2.24, 2.45) is 0 Å². The standard InChI is InChI=1S/C13H20N2O/c1-5-10(3)15(4)13(16)11-8-6-7-9(2)12(11)14/h6-8,10H,5,14H2,1-4H3. The summed E-state index contributed by atoms with van der Waals surface area (Å²) in [6, 6.07) is 5.79. The quantitative estimate of drug-likeness (QED) is 0.795. The Hall–Kier alpha value is -1.51. The fraction of sp³-hybridized carbons (Fsp3) is 0.462. The predicted molar refractivity (Wildman–Crippen MR) is 67.4 cm³/mol. The van der Waals surface area contributed by atoms with E-state index in [4.69, 9.17) is 5.73 Å². The normalized spacial score (nSPS) is 12.2. The number of benzene rings is 1. The Balaban J connectivity index is 3.01. The zero-order chi connectivity index (χ0) is 12.3. The Morgan fingerprint density at radius 1 is 1.50 bits per heavy atom. The number of anilines is 1. The average molecular weight is 220 g/mol. The van der Waals surface area contributed by atoms with Crippen molar-refractivity contribution in [3.8, 4) is 0 Å². The molecule has 0 spiro atoms. The molecule has 3 heteroatoms. The van der Waals surface area contributed by atoms with Crippen LogP contribution in [-0.2, 0) is 0 Å². The number of nitrogens with two attached hydrogens (primary N) is 1. The van der Waals surface area contributed by atoms with Crippen LogP contribution in [0, 0.1) is 6.92 Å². The lowest BCUT2D eigenvalue weighted by Gasteiger charge is -2.24. The van der Waals surface area contributed by atoms with E-state index < -0.39 is 0 Å². The van der Waals surface area contributed by atoms with Gasteiger partial charge in [-0.05, 0) is 31.9 Å². The molecule has 0 aliphatic heterocycles. The number of nitrogens with zero attached hydrogens (tertiary/aromatic N) is 1. The molecule has 3 nitrogen and oxygen atoms in total. The molecule has 1 aromatic carbocycles. The maximum absolute atomic E-state index is 12.2. The van der Waals surface area contributed by atoms with Crippen LogP contribution in [0.2, 0.25) is 0 Å². The fourth-order valence-electron chi connectivity index (χ4n) is 1.53. The van der Waals surface area contributed by atoms with Gasteiger partial charge in [0.15, 0.2) is 0 Å². The lowest BCUT2D eigenvalue weighted by Crippen LogP contribution is -2.35. The molecule has 0 aromatic heterocycles. The summed E-state index contributed by atoms with van der Waals surface area (Å²) in [5, 5.41) is 0. The molecule has 1 aromatic rings. The maximum Gasteiger partial charge on any atom is 0.255 e. The van der Waals surface area contributed by atoms with Gasteiger partial charge in [-0.3, -0.25) is 4.79 Å². The Morgan fingerprint density at radius 3 is 2.69 bits per heavy atom. The van der Waals surface area contributed by atoms with Gasteiger partial charge < -0.3 is 10.6 Å². The van der Waals surface area contributed by atoms with Crippen LogP contribution in [0.4, 0.5) is 5.69 Å². The zero-order valence-electron chi connectivity index (χ0n) is 10.4. The minimum absolute atomic E-state index is 0.00412. The fourth-order valence-corrected chi connectivity index (χ4v) is 1.53. The molecule has 2 N–H and O–H groups in total. The molecule has 0 saturated carbocycles. The van der Waals surface area contributed by atoms with E-state index in [1.54, 1.807) is 11.0 Å². The lowest BCUT2D eigenvalue weighted by molar-refractivity contribution is 0.0741. The molecule has 0 aliphatic carbocycles. The van der Waals surface area contributed by atoms with Crippen LogP contribution in [0.25, 0.3) is 0 Å². The van der Waals surface area contributed by atoms with E-state index in [9.17, 15) is 4.79 Å². The largest absolute Gasteiger partial charge is 0.398 e. The summed E-state index contributed by atoms with van der Waals surface area (Å²) in [4.78, 5) is 13.9. The highest BCUT2D eigenvalue weighted by Crippen LogP contribution is 2.19. The lowest BCUT2D eigenvalue weighted by atomic mass is 10.1. The molecule has 1 rings (SSSR count). The molecule has 0 saturated heterocycles. The van der Waals surface area contributed by atoms with Crippen LogP contribution >= 0.6 is 0 Å². The summed E-state index contributed by atoms with van der Waals surface area (Å²) >= 11 is 0. The molecule has 1 unspecified atom stereocenters. The van der Waals surface area contributed by atoms with Gasteiger partial charge in [0.1, 0.15) is 0 Å². The van der Waals surface area contributed by atoms with Gasteiger partial charge in [0.05, 0.1) is 5.56 Å². The summed E-state index contributed by atoms with van der Waals surface area (Å²) in [6.45, 7) is 6.01. The van der Waals surface area contributed by atoms with Gasteiger partial charge in [-0.25, -0.2) is 0 Å². The second-order valence-corrected chi connectivity index (χ2v) is 4.21. The van der Waals surface area contributed by atoms with Crippen LogP contribution in [0.15, 0.2) is 18.2 Å². The number of hydrogen-bond donors (Lipinski definition) is 1. The molecule has 88 valence electrons. The Labute approximate surface area is 97.2 Å². The van der Waals surface area contributed by atoms with Gasteiger partial charge in [0.25, 0.3) is 5.91 Å². The number of carbonyl (C=O) groups excluding carboxylic acids is 1. The molecule has 0 aliphatic rings. The Morgan fingerprint density at radius 2 is 2.12 bits per heavy atom. The number of nitrogen functional groups attached to an aromatic ring is 1. The highest BCUT2D eigenvalue weighted by Gasteiger charge is 2.18. The Kier molecular flexibility index (Phi) is 3.93. The van der Waals surface area contributed by atoms with Crippen molar-refractivity contribution in [3.05, 3.63) is 29.3 Å². The number of rotatable bonds is 3. The minimum Gasteiger partial charge on any atom is -0.398 e. The van der Waals surface area contributed by atoms with Gasteiger partial charge >= 0.3 is 0 Å². The van der Waals surface area contributed by atoms with Gasteiger partial charge in [-0.15, -0.1) is 0 Å². The highest BCUT2D eigenvalue weighted by molar-refractivity contribution is 5.99. The first-order valence-corrected chi connectivity index (χ1v) is 5.61. The second kappa shape index (κ2) is 5.01. The third kappa shape index (κ3) is 2.35. The summed E-state index contributed by atoms with van der Waals surface area (Å²) in [5.74, 6) is -0.00412. The number of aryl methyl sites for hydroxylation is 1. The molecule has 1 atom stereocenters. The number of hydrogen-bond acceptors (Lipinski definition) is 2. The van der Waals surface area contributed by atoms with E-state index in [0.717, 1.165) is 12.0 Å². The highest BCUT2D eigenvalue weighted by atomic mass is 16.2. The number of carbonyl (C=O) groups is 1. The molecule has 1 amide bonds. The zero-order valence-corrected chi connectivity index (χ0v) is 10.4. The number of amides is 1. The van der Waals surface area contributed by atoms with Crippen molar-refractivity contribution in [1.82, 2.24) is 4.90 Å². The summed E-state index contributed by atoms with van der Waals surface area (Å²) < 4.78 is 0. The van der Waals surface area contributed by atoms with Crippen molar-refractivity contribution in [2.45, 2.75) is 33.2 Å². The smallest absolute Gasteiger partial charge is 0.255 e. The monoisotopic (exact) mass is 220 g/mol. The van der Waals surface area contributed by atoms with Gasteiger partial charge in [0.2, 0.25) is 0 Å². The topological polar surface area (TPSA) is 46.3 Å². The van der Waals surface area contributed by atoms with Gasteiger partial charge in [-0.1, -0.05) is 19.1 Å². The van der Waals surface area contributed by atoms with Crippen molar-refractivity contribution < 1.29 is 4.79 Å². The molecule has 16 heavy (non-hydrogen) atoms. The third-order valence-corrected chi connectivity index (χ3v) is 3.13. The molecule has 0 fully saturated rings. The molecular weight excluding hydrogens is 200 g/mol. The van der Waals surface area contributed by atoms with Crippen molar-refractivity contribution >= 4 is 11.6 Å². The van der Waals surface area contributed by atoms with Crippen LogP contribution in [-0.4, -0.2) is 23.9 Å². The summed E-state index contributed by atoms with van der Waals surface area (Å²) in [6.07, 6.45) is 0.938. The van der Waals surface area contributed by atoms with E-state index in [1.165, 1.54) is 0 Å². The van der Waals surface area contributed by atoms with Gasteiger partial charge in [-0.2, -0.15) is 0 Å². The molecular formula is C13H20N2O.